The van der Waals surface area contributed by atoms with Gasteiger partial charge in [-0.05, 0) is 30.5 Å². The highest BCUT2D eigenvalue weighted by Gasteiger charge is 2.26. The Hall–Kier alpha value is -2.35. The molecular weight excluding hydrogens is 318 g/mol. The summed E-state index contributed by atoms with van der Waals surface area (Å²) in [6, 6.07) is 5.08. The lowest BCUT2D eigenvalue weighted by Crippen LogP contribution is -2.43. The maximum atomic E-state index is 12.6. The number of rotatable bonds is 5. The van der Waals surface area contributed by atoms with E-state index < -0.39 is 6.55 Å². The highest BCUT2D eigenvalue weighted by Crippen LogP contribution is 2.18. The Bertz CT molecular complexity index is 678. The Morgan fingerprint density at radius 1 is 1.42 bits per heavy atom. The molecule has 2 aromatic heterocycles. The fourth-order valence-electron chi connectivity index (χ4n) is 2.68. The highest BCUT2D eigenvalue weighted by atomic mass is 19.3. The molecule has 1 aliphatic heterocycles. The number of carbonyl (C=O) groups is 1. The number of hydrogen-bond acceptors (Lipinski definition) is 4. The van der Waals surface area contributed by atoms with E-state index in [4.69, 9.17) is 4.74 Å². The van der Waals surface area contributed by atoms with Gasteiger partial charge in [0.05, 0.1) is 12.7 Å². The molecule has 0 spiro atoms. The number of ether oxygens (including phenoxy) is 1. The van der Waals surface area contributed by atoms with Crippen molar-refractivity contribution in [2.45, 2.75) is 32.1 Å². The maximum Gasteiger partial charge on any atom is 0.333 e. The summed E-state index contributed by atoms with van der Waals surface area (Å²) in [5.74, 6) is -0.343. The summed E-state index contributed by atoms with van der Waals surface area (Å²) in [4.78, 5) is 18.0. The van der Waals surface area contributed by atoms with Gasteiger partial charge in [-0.1, -0.05) is 6.07 Å². The van der Waals surface area contributed by atoms with Gasteiger partial charge in [-0.3, -0.25) is 9.78 Å². The number of carbonyl (C=O) groups excluding carboxylic acids is 1. The number of pyridine rings is 1. The normalized spacial score (nSPS) is 18.1. The minimum absolute atomic E-state index is 0.0307. The van der Waals surface area contributed by atoms with E-state index >= 15 is 0 Å². The quantitative estimate of drug-likeness (QED) is 0.842. The van der Waals surface area contributed by atoms with Crippen LogP contribution in [0.2, 0.25) is 0 Å². The van der Waals surface area contributed by atoms with Crippen LogP contribution in [0.3, 0.4) is 0 Å². The van der Waals surface area contributed by atoms with Crippen LogP contribution in [-0.4, -0.2) is 44.8 Å². The summed E-state index contributed by atoms with van der Waals surface area (Å²) >= 11 is 0. The highest BCUT2D eigenvalue weighted by molar-refractivity contribution is 5.92. The molecule has 0 unspecified atom stereocenters. The van der Waals surface area contributed by atoms with E-state index in [0.29, 0.717) is 24.4 Å². The Morgan fingerprint density at radius 2 is 2.29 bits per heavy atom. The maximum absolute atomic E-state index is 12.6. The van der Waals surface area contributed by atoms with Crippen molar-refractivity contribution < 1.29 is 18.3 Å². The van der Waals surface area contributed by atoms with Crippen molar-refractivity contribution in [1.82, 2.24) is 19.7 Å². The number of piperidine rings is 1. The lowest BCUT2D eigenvalue weighted by Gasteiger charge is -2.32. The van der Waals surface area contributed by atoms with Crippen molar-refractivity contribution in [3.8, 4) is 0 Å². The van der Waals surface area contributed by atoms with Crippen molar-refractivity contribution in [1.29, 1.82) is 0 Å². The van der Waals surface area contributed by atoms with Crippen LogP contribution in [0.4, 0.5) is 8.78 Å². The number of hydrogen-bond donors (Lipinski definition) is 0. The SMILES string of the molecule is O=C(c1ccn(C(F)F)n1)N1CCC[C@@H](OCc2cccnc2)C1. The topological polar surface area (TPSA) is 60.2 Å². The van der Waals surface area contributed by atoms with Crippen molar-refractivity contribution in [3.05, 3.63) is 48.0 Å². The molecule has 1 fully saturated rings. The summed E-state index contributed by atoms with van der Waals surface area (Å²) in [6.07, 6.45) is 6.12. The minimum Gasteiger partial charge on any atom is -0.372 e. The van der Waals surface area contributed by atoms with Gasteiger partial charge in [0.2, 0.25) is 0 Å². The lowest BCUT2D eigenvalue weighted by molar-refractivity contribution is -0.00711. The van der Waals surface area contributed by atoms with E-state index in [2.05, 4.69) is 10.1 Å². The molecule has 3 heterocycles. The van der Waals surface area contributed by atoms with Gasteiger partial charge in [0, 0.05) is 31.7 Å². The number of amides is 1. The molecule has 1 saturated heterocycles. The molecule has 0 radical (unpaired) electrons. The lowest BCUT2D eigenvalue weighted by atomic mass is 10.1. The molecule has 0 aromatic carbocycles. The summed E-state index contributed by atoms with van der Waals surface area (Å²) in [5.41, 5.74) is 1.000. The van der Waals surface area contributed by atoms with Crippen molar-refractivity contribution in [3.63, 3.8) is 0 Å². The van der Waals surface area contributed by atoms with Crippen LogP contribution in [0.1, 0.15) is 35.4 Å². The molecule has 1 aliphatic rings. The average molecular weight is 336 g/mol. The first-order valence-corrected chi connectivity index (χ1v) is 7.76. The minimum atomic E-state index is -2.75. The van der Waals surface area contributed by atoms with Crippen LogP contribution in [-0.2, 0) is 11.3 Å². The zero-order valence-corrected chi connectivity index (χ0v) is 13.0. The van der Waals surface area contributed by atoms with Crippen LogP contribution in [0.15, 0.2) is 36.8 Å². The molecule has 3 rings (SSSR count). The first-order valence-electron chi connectivity index (χ1n) is 7.76. The molecule has 0 saturated carbocycles. The van der Waals surface area contributed by atoms with E-state index in [-0.39, 0.29) is 17.7 Å². The van der Waals surface area contributed by atoms with Gasteiger partial charge in [-0.25, -0.2) is 4.68 Å². The Kier molecular flexibility index (Phi) is 5.14. The second kappa shape index (κ2) is 7.48. The smallest absolute Gasteiger partial charge is 0.333 e. The summed E-state index contributed by atoms with van der Waals surface area (Å²) in [6.45, 7) is -1.31. The number of alkyl halides is 2. The molecule has 0 aliphatic carbocycles. The zero-order valence-electron chi connectivity index (χ0n) is 13.0. The van der Waals surface area contributed by atoms with Gasteiger partial charge in [0.1, 0.15) is 0 Å². The fourth-order valence-corrected chi connectivity index (χ4v) is 2.68. The van der Waals surface area contributed by atoms with Crippen molar-refractivity contribution in [2.75, 3.05) is 13.1 Å². The van der Waals surface area contributed by atoms with Crippen LogP contribution in [0, 0.1) is 0 Å². The molecule has 128 valence electrons. The van der Waals surface area contributed by atoms with Crippen molar-refractivity contribution >= 4 is 5.91 Å². The molecule has 1 amide bonds. The Balaban J connectivity index is 1.57. The van der Waals surface area contributed by atoms with Gasteiger partial charge in [0.15, 0.2) is 5.69 Å². The average Bonchev–Trinajstić information content (AvgIpc) is 3.11. The molecular formula is C16H18F2N4O2. The van der Waals surface area contributed by atoms with Crippen LogP contribution >= 0.6 is 0 Å². The first-order chi connectivity index (χ1) is 11.6. The largest absolute Gasteiger partial charge is 0.372 e. The van der Waals surface area contributed by atoms with Gasteiger partial charge < -0.3 is 9.64 Å². The summed E-state index contributed by atoms with van der Waals surface area (Å²) in [5, 5.41) is 3.63. The molecule has 6 nitrogen and oxygen atoms in total. The zero-order chi connectivity index (χ0) is 16.9. The molecule has 0 bridgehead atoms. The fraction of sp³-hybridized carbons (Fsp3) is 0.438. The first kappa shape index (κ1) is 16.5. The Morgan fingerprint density at radius 3 is 3.00 bits per heavy atom. The predicted octanol–water partition coefficient (Wildman–Crippen LogP) is 2.49. The molecule has 8 heteroatoms. The third kappa shape index (κ3) is 3.94. The number of halogens is 2. The van der Waals surface area contributed by atoms with E-state index in [0.717, 1.165) is 24.6 Å². The second-order valence-electron chi connectivity index (χ2n) is 5.65. The van der Waals surface area contributed by atoms with Gasteiger partial charge in [-0.2, -0.15) is 13.9 Å². The third-order valence-corrected chi connectivity index (χ3v) is 3.90. The summed E-state index contributed by atoms with van der Waals surface area (Å²) < 4.78 is 31.4. The molecule has 24 heavy (non-hydrogen) atoms. The molecule has 2 aromatic rings. The van der Waals surface area contributed by atoms with Crippen molar-refractivity contribution in [2.24, 2.45) is 0 Å². The van der Waals surface area contributed by atoms with Crippen LogP contribution in [0.25, 0.3) is 0 Å². The van der Waals surface area contributed by atoms with E-state index in [1.165, 1.54) is 6.07 Å². The summed E-state index contributed by atoms with van der Waals surface area (Å²) in [7, 11) is 0. The second-order valence-corrected chi connectivity index (χ2v) is 5.65. The standard InChI is InChI=1S/C16H18F2N4O2/c17-16(18)22-8-5-14(20-22)15(23)21-7-2-4-13(10-21)24-11-12-3-1-6-19-9-12/h1,3,5-6,8-9,13,16H,2,4,7,10-11H2/t13-/m1/s1. The molecule has 1 atom stereocenters. The van der Waals surface area contributed by atoms with Gasteiger partial charge in [-0.15, -0.1) is 0 Å². The predicted molar refractivity (Wildman–Crippen MR) is 81.4 cm³/mol. The third-order valence-electron chi connectivity index (χ3n) is 3.90. The van der Waals surface area contributed by atoms with Crippen LogP contribution in [0.5, 0.6) is 0 Å². The van der Waals surface area contributed by atoms with Gasteiger partial charge >= 0.3 is 6.55 Å². The van der Waals surface area contributed by atoms with E-state index in [9.17, 15) is 13.6 Å². The molecule has 0 N–H and O–H groups in total. The van der Waals surface area contributed by atoms with Gasteiger partial charge in [0.25, 0.3) is 5.91 Å². The monoisotopic (exact) mass is 336 g/mol. The van der Waals surface area contributed by atoms with E-state index in [1.807, 2.05) is 12.1 Å². The number of nitrogens with zero attached hydrogens (tertiary/aromatic N) is 4. The number of likely N-dealkylation sites (tertiary alicyclic amines) is 1. The number of aromatic nitrogens is 3. The van der Waals surface area contributed by atoms with Crippen LogP contribution < -0.4 is 0 Å². The Labute approximate surface area is 138 Å². The van der Waals surface area contributed by atoms with E-state index in [1.54, 1.807) is 17.3 Å².